The first-order chi connectivity index (χ1) is 6.84. The average molecular weight is 211 g/mol. The maximum absolute atomic E-state index is 4.25. The van der Waals surface area contributed by atoms with Gasteiger partial charge < -0.3 is 10.2 Å². The number of thiazole rings is 1. The lowest BCUT2D eigenvalue weighted by molar-refractivity contribution is 0.348. The van der Waals surface area contributed by atoms with Crippen molar-refractivity contribution in [3.05, 3.63) is 11.6 Å². The Bertz CT molecular complexity index is 260. The van der Waals surface area contributed by atoms with Crippen LogP contribution in [0.15, 0.2) is 11.6 Å². The minimum Gasteiger partial charge on any atom is -0.359 e. The standard InChI is InChI=1S/C10H17N3S/c1-13-6-2-3-9(4-7-13)12-10-11-5-8-14-10/h5,8-9H,2-4,6-7H2,1H3,(H,11,12). The van der Waals surface area contributed by atoms with Gasteiger partial charge in [-0.15, -0.1) is 11.3 Å². The quantitative estimate of drug-likeness (QED) is 0.811. The molecule has 1 aromatic rings. The number of rotatable bonds is 2. The SMILES string of the molecule is CN1CCCC(Nc2nccs2)CC1. The van der Waals surface area contributed by atoms with Crippen molar-refractivity contribution in [2.45, 2.75) is 25.3 Å². The molecule has 1 saturated heterocycles. The average Bonchev–Trinajstić information content (AvgIpc) is 2.58. The molecule has 0 amide bonds. The Hall–Kier alpha value is -0.610. The molecule has 0 aliphatic carbocycles. The summed E-state index contributed by atoms with van der Waals surface area (Å²) in [4.78, 5) is 6.66. The molecule has 0 radical (unpaired) electrons. The first kappa shape index (κ1) is 9.93. The largest absolute Gasteiger partial charge is 0.359 e. The van der Waals surface area contributed by atoms with Crippen LogP contribution < -0.4 is 5.32 Å². The van der Waals surface area contributed by atoms with Gasteiger partial charge in [-0.25, -0.2) is 4.98 Å². The van der Waals surface area contributed by atoms with Gasteiger partial charge in [0.05, 0.1) is 0 Å². The van der Waals surface area contributed by atoms with Crippen molar-refractivity contribution in [3.8, 4) is 0 Å². The molecule has 14 heavy (non-hydrogen) atoms. The zero-order valence-electron chi connectivity index (χ0n) is 8.57. The molecule has 2 heterocycles. The van der Waals surface area contributed by atoms with E-state index in [2.05, 4.69) is 22.2 Å². The number of likely N-dealkylation sites (tertiary alicyclic amines) is 1. The minimum atomic E-state index is 0.617. The van der Waals surface area contributed by atoms with E-state index in [9.17, 15) is 0 Å². The summed E-state index contributed by atoms with van der Waals surface area (Å²) in [5, 5.41) is 6.59. The van der Waals surface area contributed by atoms with E-state index < -0.39 is 0 Å². The van der Waals surface area contributed by atoms with Crippen LogP contribution in [0.3, 0.4) is 0 Å². The van der Waals surface area contributed by atoms with Crippen molar-refractivity contribution >= 4 is 16.5 Å². The van der Waals surface area contributed by atoms with E-state index in [0.717, 1.165) is 5.13 Å². The summed E-state index contributed by atoms with van der Waals surface area (Å²) in [7, 11) is 2.20. The Morgan fingerprint density at radius 3 is 3.21 bits per heavy atom. The van der Waals surface area contributed by atoms with E-state index >= 15 is 0 Å². The van der Waals surface area contributed by atoms with Crippen molar-refractivity contribution in [1.29, 1.82) is 0 Å². The zero-order valence-corrected chi connectivity index (χ0v) is 9.39. The third-order valence-electron chi connectivity index (χ3n) is 2.71. The van der Waals surface area contributed by atoms with Gasteiger partial charge in [0.25, 0.3) is 0 Å². The minimum absolute atomic E-state index is 0.617. The molecule has 0 saturated carbocycles. The van der Waals surface area contributed by atoms with E-state index in [1.54, 1.807) is 11.3 Å². The molecule has 1 atom stereocenters. The Kier molecular flexibility index (Phi) is 3.37. The molecule has 3 nitrogen and oxygen atoms in total. The van der Waals surface area contributed by atoms with Gasteiger partial charge in [-0.2, -0.15) is 0 Å². The molecular weight excluding hydrogens is 194 g/mol. The van der Waals surface area contributed by atoms with Crippen LogP contribution in [0.2, 0.25) is 0 Å². The van der Waals surface area contributed by atoms with Crippen molar-refractivity contribution < 1.29 is 0 Å². The molecule has 1 aliphatic heterocycles. The Morgan fingerprint density at radius 2 is 2.43 bits per heavy atom. The summed E-state index contributed by atoms with van der Waals surface area (Å²) in [6.45, 7) is 2.43. The summed E-state index contributed by atoms with van der Waals surface area (Å²) in [5.41, 5.74) is 0. The zero-order chi connectivity index (χ0) is 9.80. The molecular formula is C10H17N3S. The molecule has 0 spiro atoms. The fourth-order valence-corrected chi connectivity index (χ4v) is 2.46. The first-order valence-corrected chi connectivity index (χ1v) is 6.07. The maximum Gasteiger partial charge on any atom is 0.182 e. The molecule has 1 N–H and O–H groups in total. The second kappa shape index (κ2) is 4.75. The summed E-state index contributed by atoms with van der Waals surface area (Å²) >= 11 is 1.69. The van der Waals surface area contributed by atoms with Crippen LogP contribution in [-0.2, 0) is 0 Å². The number of hydrogen-bond acceptors (Lipinski definition) is 4. The molecule has 1 aromatic heterocycles. The van der Waals surface area contributed by atoms with E-state index in [0.29, 0.717) is 6.04 Å². The number of nitrogens with zero attached hydrogens (tertiary/aromatic N) is 2. The molecule has 2 rings (SSSR count). The third kappa shape index (κ3) is 2.69. The fourth-order valence-electron chi connectivity index (χ4n) is 1.85. The van der Waals surface area contributed by atoms with Gasteiger partial charge in [0.1, 0.15) is 0 Å². The van der Waals surface area contributed by atoms with Crippen molar-refractivity contribution in [1.82, 2.24) is 9.88 Å². The molecule has 78 valence electrons. The van der Waals surface area contributed by atoms with Crippen LogP contribution in [0.5, 0.6) is 0 Å². The van der Waals surface area contributed by atoms with Crippen molar-refractivity contribution in [2.24, 2.45) is 0 Å². The van der Waals surface area contributed by atoms with Crippen LogP contribution in [0, 0.1) is 0 Å². The van der Waals surface area contributed by atoms with Crippen LogP contribution in [-0.4, -0.2) is 36.1 Å². The predicted octanol–water partition coefficient (Wildman–Crippen LogP) is 2.04. The molecule has 1 aliphatic rings. The number of anilines is 1. The van der Waals surface area contributed by atoms with Gasteiger partial charge in [0.2, 0.25) is 0 Å². The second-order valence-corrected chi connectivity index (χ2v) is 4.81. The van der Waals surface area contributed by atoms with Crippen LogP contribution in [0.4, 0.5) is 5.13 Å². The highest BCUT2D eigenvalue weighted by molar-refractivity contribution is 7.13. The van der Waals surface area contributed by atoms with E-state index in [1.807, 2.05) is 11.6 Å². The van der Waals surface area contributed by atoms with Gasteiger partial charge in [-0.1, -0.05) is 0 Å². The summed E-state index contributed by atoms with van der Waals surface area (Å²) < 4.78 is 0. The maximum atomic E-state index is 4.25. The van der Waals surface area contributed by atoms with Crippen LogP contribution >= 0.6 is 11.3 Å². The lowest BCUT2D eigenvalue weighted by Gasteiger charge is -2.15. The van der Waals surface area contributed by atoms with Gasteiger partial charge >= 0.3 is 0 Å². The third-order valence-corrected chi connectivity index (χ3v) is 3.42. The summed E-state index contributed by atoms with van der Waals surface area (Å²) in [6.07, 6.45) is 5.65. The lowest BCUT2D eigenvalue weighted by Crippen LogP contribution is -2.22. The normalized spacial score (nSPS) is 24.5. The van der Waals surface area contributed by atoms with E-state index in [1.165, 1.54) is 32.4 Å². The van der Waals surface area contributed by atoms with Crippen LogP contribution in [0.1, 0.15) is 19.3 Å². The molecule has 1 fully saturated rings. The summed E-state index contributed by atoms with van der Waals surface area (Å²) in [6, 6.07) is 0.617. The Morgan fingerprint density at radius 1 is 1.50 bits per heavy atom. The molecule has 0 aromatic carbocycles. The van der Waals surface area contributed by atoms with Crippen molar-refractivity contribution in [2.75, 3.05) is 25.5 Å². The Balaban J connectivity index is 1.86. The first-order valence-electron chi connectivity index (χ1n) is 5.19. The van der Waals surface area contributed by atoms with Gasteiger partial charge in [-0.05, 0) is 39.4 Å². The summed E-state index contributed by atoms with van der Waals surface area (Å²) in [5.74, 6) is 0. The fraction of sp³-hybridized carbons (Fsp3) is 0.700. The number of nitrogens with one attached hydrogen (secondary N) is 1. The monoisotopic (exact) mass is 211 g/mol. The second-order valence-electron chi connectivity index (χ2n) is 3.91. The smallest absolute Gasteiger partial charge is 0.182 e. The Labute approximate surface area is 89.1 Å². The highest BCUT2D eigenvalue weighted by Gasteiger charge is 2.14. The van der Waals surface area contributed by atoms with Crippen LogP contribution in [0.25, 0.3) is 0 Å². The van der Waals surface area contributed by atoms with E-state index in [-0.39, 0.29) is 0 Å². The lowest BCUT2D eigenvalue weighted by atomic mass is 10.1. The highest BCUT2D eigenvalue weighted by Crippen LogP contribution is 2.17. The number of hydrogen-bond donors (Lipinski definition) is 1. The van der Waals surface area contributed by atoms with Gasteiger partial charge in [0, 0.05) is 17.6 Å². The highest BCUT2D eigenvalue weighted by atomic mass is 32.1. The molecule has 1 unspecified atom stereocenters. The number of aromatic nitrogens is 1. The van der Waals surface area contributed by atoms with E-state index in [4.69, 9.17) is 0 Å². The molecule has 4 heteroatoms. The van der Waals surface area contributed by atoms with Gasteiger partial charge in [-0.3, -0.25) is 0 Å². The predicted molar refractivity (Wildman–Crippen MR) is 60.9 cm³/mol. The topological polar surface area (TPSA) is 28.2 Å². The van der Waals surface area contributed by atoms with Gasteiger partial charge in [0.15, 0.2) is 5.13 Å². The molecule has 0 bridgehead atoms. The van der Waals surface area contributed by atoms with Crippen molar-refractivity contribution in [3.63, 3.8) is 0 Å².